The van der Waals surface area contributed by atoms with Crippen molar-refractivity contribution in [3.05, 3.63) is 58.0 Å². The van der Waals surface area contributed by atoms with Crippen molar-refractivity contribution in [3.63, 3.8) is 0 Å². The Morgan fingerprint density at radius 1 is 1.18 bits per heavy atom. The Morgan fingerprint density at radius 2 is 1.89 bits per heavy atom. The number of aromatic nitrogens is 3. The van der Waals surface area contributed by atoms with Gasteiger partial charge in [-0.25, -0.2) is 9.97 Å². The van der Waals surface area contributed by atoms with Gasteiger partial charge in [-0.15, -0.1) is 0 Å². The molecule has 4 N–H and O–H groups in total. The number of hydrogen-bond donors (Lipinski definition) is 4. The van der Waals surface area contributed by atoms with Gasteiger partial charge in [0.2, 0.25) is 5.95 Å². The first-order valence-electron chi connectivity index (χ1n) is 11.2. The topological polar surface area (TPSA) is 138 Å². The molecule has 3 aromatic rings. The number of benzene rings is 1. The Hall–Kier alpha value is -3.22. The molecule has 204 valence electrons. The van der Waals surface area contributed by atoms with E-state index in [9.17, 15) is 27.4 Å². The van der Waals surface area contributed by atoms with Crippen LogP contribution in [-0.2, 0) is 17.2 Å². The molecule has 0 spiro atoms. The Kier molecular flexibility index (Phi) is 9.69. The van der Waals surface area contributed by atoms with Gasteiger partial charge in [0.05, 0.1) is 18.5 Å². The number of nitrogens with one attached hydrogen (secondary N) is 3. The van der Waals surface area contributed by atoms with E-state index in [2.05, 4.69) is 46.8 Å². The maximum absolute atomic E-state index is 13.8. The number of nitrogens with zero attached hydrogens (tertiary/aromatic N) is 3. The van der Waals surface area contributed by atoms with Crippen LogP contribution < -0.4 is 20.7 Å². The molecule has 0 saturated heterocycles. The fraction of sp³-hybridized carbons (Fsp3) is 0.304. The lowest BCUT2D eigenvalue weighted by atomic mass is 10.1. The van der Waals surface area contributed by atoms with Crippen LogP contribution >= 0.6 is 24.0 Å². The molecule has 0 bridgehead atoms. The maximum Gasteiger partial charge on any atom is 0.421 e. The average Bonchev–Trinajstić information content (AvgIpc) is 2.87. The molecule has 15 heteroatoms. The van der Waals surface area contributed by atoms with Gasteiger partial charge < -0.3 is 25.6 Å². The van der Waals surface area contributed by atoms with Gasteiger partial charge in [0.1, 0.15) is 21.7 Å². The van der Waals surface area contributed by atoms with Crippen LogP contribution in [0, 0.1) is 0 Å². The van der Waals surface area contributed by atoms with Crippen LogP contribution in [0.15, 0.2) is 41.1 Å². The van der Waals surface area contributed by atoms with Gasteiger partial charge in [0.15, 0.2) is 13.7 Å². The first-order chi connectivity index (χ1) is 18.0. The molecule has 0 aliphatic rings. The molecule has 2 unspecified atom stereocenters. The van der Waals surface area contributed by atoms with Gasteiger partial charge in [-0.3, -0.25) is 9.36 Å². The third kappa shape index (κ3) is 7.21. The van der Waals surface area contributed by atoms with Crippen molar-refractivity contribution >= 4 is 53.0 Å². The Labute approximate surface area is 225 Å². The fourth-order valence-corrected chi connectivity index (χ4v) is 4.55. The number of methoxy groups -OCH3 is 1. The third-order valence-electron chi connectivity index (χ3n) is 5.49. The Balaban J connectivity index is 1.97. The second kappa shape index (κ2) is 12.5. The molecule has 0 fully saturated rings. The lowest BCUT2D eigenvalue weighted by Gasteiger charge is -2.17. The largest absolute Gasteiger partial charge is 0.495 e. The SMILES string of the molecule is CCC(Cc1ccc(Nc2ncc(C(F)(F)F)c(Nc3ccc(Br)nc3C(=O)NC)n2)c(OC)c1)[PH](=O)O. The highest BCUT2D eigenvalue weighted by atomic mass is 79.9. The quantitative estimate of drug-likeness (QED) is 0.177. The molecule has 2 aromatic heterocycles. The number of rotatable bonds is 10. The van der Waals surface area contributed by atoms with Crippen LogP contribution in [0.25, 0.3) is 0 Å². The number of amides is 1. The molecule has 1 amide bonds. The Morgan fingerprint density at radius 3 is 2.50 bits per heavy atom. The summed E-state index contributed by atoms with van der Waals surface area (Å²) in [6, 6.07) is 7.85. The minimum absolute atomic E-state index is 0.00160. The minimum Gasteiger partial charge on any atom is -0.495 e. The van der Waals surface area contributed by atoms with Crippen LogP contribution in [0.1, 0.15) is 35.0 Å². The second-order valence-electron chi connectivity index (χ2n) is 8.00. The summed E-state index contributed by atoms with van der Waals surface area (Å²) in [5.74, 6) is -1.05. The van der Waals surface area contributed by atoms with E-state index in [1.165, 1.54) is 26.3 Å². The zero-order valence-corrected chi connectivity index (χ0v) is 23.1. The van der Waals surface area contributed by atoms with E-state index in [1.54, 1.807) is 18.2 Å². The predicted octanol–water partition coefficient (Wildman–Crippen LogP) is 5.30. The van der Waals surface area contributed by atoms with Gasteiger partial charge >= 0.3 is 6.18 Å². The smallest absolute Gasteiger partial charge is 0.421 e. The summed E-state index contributed by atoms with van der Waals surface area (Å²) in [6.07, 6.45) is -3.28. The number of hydrogen-bond acceptors (Lipinski definition) is 8. The first-order valence-corrected chi connectivity index (χ1v) is 13.5. The molecule has 0 aliphatic carbocycles. The highest BCUT2D eigenvalue weighted by molar-refractivity contribution is 9.10. The lowest BCUT2D eigenvalue weighted by Crippen LogP contribution is -2.21. The summed E-state index contributed by atoms with van der Waals surface area (Å²) in [6.45, 7) is 1.83. The summed E-state index contributed by atoms with van der Waals surface area (Å²) < 4.78 is 58.5. The molecule has 2 atom stereocenters. The molecule has 0 radical (unpaired) electrons. The van der Waals surface area contributed by atoms with Crippen LogP contribution in [0.3, 0.4) is 0 Å². The summed E-state index contributed by atoms with van der Waals surface area (Å²) in [5.41, 5.74) is -0.562. The van der Waals surface area contributed by atoms with E-state index in [1.807, 2.05) is 6.92 Å². The third-order valence-corrected chi connectivity index (χ3v) is 7.24. The van der Waals surface area contributed by atoms with Gasteiger partial charge in [0, 0.05) is 18.9 Å². The molecule has 10 nitrogen and oxygen atoms in total. The van der Waals surface area contributed by atoms with Gasteiger partial charge in [0.25, 0.3) is 5.91 Å². The predicted molar refractivity (Wildman–Crippen MR) is 141 cm³/mol. The van der Waals surface area contributed by atoms with Crippen molar-refractivity contribution in [2.75, 3.05) is 24.8 Å². The molecule has 2 heterocycles. The van der Waals surface area contributed by atoms with E-state index >= 15 is 0 Å². The standard InChI is InChI=1S/C23H25BrF3N6O4P/c1-4-13(38(35)36)9-12-5-6-15(17(10-12)37-3)31-22-29-11-14(23(25,26)27)20(33-22)30-16-7-8-18(24)32-19(16)21(34)28-2/h5-8,10-11,13,38H,4,9H2,1-3H3,(H,28,34)(H,35,36)(H2,29,30,31,33). The van der Waals surface area contributed by atoms with Crippen molar-refractivity contribution in [2.24, 2.45) is 0 Å². The molecule has 0 saturated carbocycles. The molecule has 38 heavy (non-hydrogen) atoms. The highest BCUT2D eigenvalue weighted by Crippen LogP contribution is 2.37. The summed E-state index contributed by atoms with van der Waals surface area (Å²) in [5, 5.41) is 7.79. The van der Waals surface area contributed by atoms with E-state index in [-0.39, 0.29) is 23.0 Å². The summed E-state index contributed by atoms with van der Waals surface area (Å²) in [4.78, 5) is 33.6. The van der Waals surface area contributed by atoms with E-state index in [4.69, 9.17) is 4.74 Å². The van der Waals surface area contributed by atoms with Gasteiger partial charge in [-0.05, 0) is 58.6 Å². The fourth-order valence-electron chi connectivity index (χ4n) is 3.48. The molecule has 0 aliphatic heterocycles. The van der Waals surface area contributed by atoms with Crippen LogP contribution in [-0.4, -0.2) is 45.6 Å². The van der Waals surface area contributed by atoms with E-state index < -0.39 is 31.5 Å². The van der Waals surface area contributed by atoms with E-state index in [0.29, 0.717) is 35.1 Å². The van der Waals surface area contributed by atoms with Crippen LogP contribution in [0.2, 0.25) is 0 Å². The monoisotopic (exact) mass is 616 g/mol. The van der Waals surface area contributed by atoms with Crippen molar-refractivity contribution in [1.82, 2.24) is 20.3 Å². The van der Waals surface area contributed by atoms with Crippen molar-refractivity contribution in [2.45, 2.75) is 31.6 Å². The van der Waals surface area contributed by atoms with Crippen LogP contribution in [0.4, 0.5) is 36.3 Å². The summed E-state index contributed by atoms with van der Waals surface area (Å²) in [7, 11) is 0.0686. The first kappa shape index (κ1) is 29.3. The average molecular weight is 617 g/mol. The van der Waals surface area contributed by atoms with Gasteiger partial charge in [-0.2, -0.15) is 18.2 Å². The summed E-state index contributed by atoms with van der Waals surface area (Å²) >= 11 is 3.14. The van der Waals surface area contributed by atoms with Crippen molar-refractivity contribution in [3.8, 4) is 5.75 Å². The van der Waals surface area contributed by atoms with Crippen LogP contribution in [0.5, 0.6) is 5.75 Å². The molecular weight excluding hydrogens is 592 g/mol. The number of carbonyl (C=O) groups excluding carboxylic acids is 1. The minimum atomic E-state index is -4.79. The number of pyridine rings is 1. The molecular formula is C23H25BrF3N6O4P. The van der Waals surface area contributed by atoms with Crippen molar-refractivity contribution in [1.29, 1.82) is 0 Å². The number of ether oxygens (including phenoxy) is 1. The Bertz CT molecular complexity index is 1340. The maximum atomic E-state index is 13.8. The number of halogens is 4. The highest BCUT2D eigenvalue weighted by Gasteiger charge is 2.36. The molecule has 1 aromatic carbocycles. The van der Waals surface area contributed by atoms with Crippen molar-refractivity contribution < 1.29 is 32.2 Å². The number of carbonyl (C=O) groups is 1. The zero-order chi connectivity index (χ0) is 28.0. The number of anilines is 4. The second-order valence-corrected chi connectivity index (χ2v) is 10.3. The normalized spacial score (nSPS) is 12.9. The number of alkyl halides is 3. The zero-order valence-electron chi connectivity index (χ0n) is 20.5. The lowest BCUT2D eigenvalue weighted by molar-refractivity contribution is -0.137. The van der Waals surface area contributed by atoms with E-state index in [0.717, 1.165) is 5.56 Å². The molecule has 3 rings (SSSR count). The van der Waals surface area contributed by atoms with Gasteiger partial charge in [-0.1, -0.05) is 13.0 Å².